The molecule has 14 heavy (non-hydrogen) atoms. The van der Waals surface area contributed by atoms with Crippen molar-refractivity contribution in [2.45, 2.75) is 30.7 Å². The molecule has 7 heteroatoms. The van der Waals surface area contributed by atoms with Gasteiger partial charge in [-0.2, -0.15) is 0 Å². The minimum atomic E-state index is -1.67. The Morgan fingerprint density at radius 2 is 1.79 bits per heavy atom. The van der Waals surface area contributed by atoms with Crippen LogP contribution in [0.1, 0.15) is 0 Å². The molecule has 4 N–H and O–H groups in total. The second kappa shape index (κ2) is 4.20. The third-order valence-electron chi connectivity index (χ3n) is 2.05. The number of hydrogen-bond donors (Lipinski definition) is 4. The Hall–Kier alpha value is -0.730. The van der Waals surface area contributed by atoms with Crippen molar-refractivity contribution in [3.8, 4) is 0 Å². The number of carboxylic acids is 1. The fraction of sp³-hybridized carbons (Fsp3) is 0.857. The Bertz CT molecular complexity index is 216. The fourth-order valence-electron chi connectivity index (χ4n) is 1.25. The molecule has 0 saturated carbocycles. The van der Waals surface area contributed by atoms with Crippen LogP contribution in [0.4, 0.5) is 0 Å². The normalized spacial score (nSPS) is 43.6. The Kier molecular flexibility index (Phi) is 3.40. The molecule has 5 atom stereocenters. The molecular formula is C7H12O7. The molecule has 0 bridgehead atoms. The van der Waals surface area contributed by atoms with E-state index in [9.17, 15) is 20.1 Å². The first-order chi connectivity index (χ1) is 6.49. The lowest BCUT2D eigenvalue weighted by Crippen LogP contribution is -2.60. The number of aliphatic hydroxyl groups is 3. The summed E-state index contributed by atoms with van der Waals surface area (Å²) in [5.41, 5.74) is 0. The number of aliphatic carboxylic acids is 1. The van der Waals surface area contributed by atoms with Crippen LogP contribution in [0.5, 0.6) is 0 Å². The second-order valence-corrected chi connectivity index (χ2v) is 2.97. The quantitative estimate of drug-likeness (QED) is 0.397. The maximum absolute atomic E-state index is 10.5. The zero-order chi connectivity index (χ0) is 10.9. The highest BCUT2D eigenvalue weighted by atomic mass is 16.7. The summed E-state index contributed by atoms with van der Waals surface area (Å²) in [7, 11) is 1.19. The van der Waals surface area contributed by atoms with Gasteiger partial charge in [-0.1, -0.05) is 0 Å². The molecule has 0 amide bonds. The molecule has 1 saturated heterocycles. The SMILES string of the molecule is COC1O[C@H](C(=O)O)[C@H](O)[C@H](O)[C@H]1O. The van der Waals surface area contributed by atoms with Crippen LogP contribution in [0, 0.1) is 0 Å². The van der Waals surface area contributed by atoms with Crippen LogP contribution in [0.2, 0.25) is 0 Å². The second-order valence-electron chi connectivity index (χ2n) is 2.97. The van der Waals surface area contributed by atoms with Gasteiger partial charge < -0.3 is 29.9 Å². The minimum Gasteiger partial charge on any atom is -0.479 e. The largest absolute Gasteiger partial charge is 0.479 e. The van der Waals surface area contributed by atoms with Gasteiger partial charge in [0.05, 0.1) is 0 Å². The van der Waals surface area contributed by atoms with Crippen LogP contribution >= 0.6 is 0 Å². The smallest absolute Gasteiger partial charge is 0.335 e. The molecule has 0 aliphatic carbocycles. The molecule has 1 fully saturated rings. The van der Waals surface area contributed by atoms with Gasteiger partial charge >= 0.3 is 5.97 Å². The van der Waals surface area contributed by atoms with E-state index < -0.39 is 36.7 Å². The Labute approximate surface area is 79.5 Å². The summed E-state index contributed by atoms with van der Waals surface area (Å²) in [4.78, 5) is 10.5. The summed E-state index contributed by atoms with van der Waals surface area (Å²) in [6, 6.07) is 0. The Balaban J connectivity index is 2.78. The van der Waals surface area contributed by atoms with E-state index in [0.29, 0.717) is 0 Å². The summed E-state index contributed by atoms with van der Waals surface area (Å²) in [5, 5.41) is 36.3. The maximum Gasteiger partial charge on any atom is 0.335 e. The lowest BCUT2D eigenvalue weighted by molar-refractivity contribution is -0.287. The molecule has 0 radical (unpaired) electrons. The van der Waals surface area contributed by atoms with Gasteiger partial charge in [0.15, 0.2) is 12.4 Å². The number of methoxy groups -OCH3 is 1. The zero-order valence-corrected chi connectivity index (χ0v) is 7.40. The van der Waals surface area contributed by atoms with Crippen molar-refractivity contribution in [3.05, 3.63) is 0 Å². The van der Waals surface area contributed by atoms with E-state index in [1.165, 1.54) is 7.11 Å². The molecule has 0 aromatic carbocycles. The minimum absolute atomic E-state index is 1.19. The lowest BCUT2D eigenvalue weighted by Gasteiger charge is -2.37. The summed E-state index contributed by atoms with van der Waals surface area (Å²) in [5.74, 6) is -1.43. The molecule has 82 valence electrons. The summed E-state index contributed by atoms with van der Waals surface area (Å²) in [6.07, 6.45) is -7.60. The average Bonchev–Trinajstić information content (AvgIpc) is 2.14. The standard InChI is InChI=1S/C7H12O7/c1-13-7-4(10)2(8)3(9)5(14-7)6(11)12/h2-5,7-10H,1H3,(H,11,12)/t2-,3+,4+,5-,7?/m0/s1. The van der Waals surface area contributed by atoms with Crippen LogP contribution < -0.4 is 0 Å². The van der Waals surface area contributed by atoms with Crippen LogP contribution in [-0.2, 0) is 14.3 Å². The third kappa shape index (κ3) is 1.86. The molecule has 0 spiro atoms. The van der Waals surface area contributed by atoms with Gasteiger partial charge in [0.2, 0.25) is 0 Å². The number of hydrogen-bond acceptors (Lipinski definition) is 6. The topological polar surface area (TPSA) is 116 Å². The van der Waals surface area contributed by atoms with Gasteiger partial charge in [0.1, 0.15) is 18.3 Å². The van der Waals surface area contributed by atoms with E-state index in [2.05, 4.69) is 4.74 Å². The van der Waals surface area contributed by atoms with Crippen molar-refractivity contribution in [2.24, 2.45) is 0 Å². The zero-order valence-electron chi connectivity index (χ0n) is 7.40. The van der Waals surface area contributed by atoms with E-state index >= 15 is 0 Å². The molecule has 1 aliphatic heterocycles. The molecule has 1 rings (SSSR count). The number of ether oxygens (including phenoxy) is 2. The van der Waals surface area contributed by atoms with Gasteiger partial charge in [0, 0.05) is 7.11 Å². The number of aliphatic hydroxyl groups excluding tert-OH is 3. The predicted octanol–water partition coefficient (Wildman–Crippen LogP) is -2.47. The van der Waals surface area contributed by atoms with Crippen molar-refractivity contribution in [1.29, 1.82) is 0 Å². The van der Waals surface area contributed by atoms with Crippen LogP contribution in [0.3, 0.4) is 0 Å². The molecule has 0 aromatic rings. The first-order valence-electron chi connectivity index (χ1n) is 3.94. The molecule has 7 nitrogen and oxygen atoms in total. The number of carbonyl (C=O) groups is 1. The van der Waals surface area contributed by atoms with Crippen molar-refractivity contribution in [3.63, 3.8) is 0 Å². The molecule has 0 aromatic heterocycles. The molecular weight excluding hydrogens is 196 g/mol. The summed E-state index contributed by atoms with van der Waals surface area (Å²) in [6.45, 7) is 0. The van der Waals surface area contributed by atoms with Crippen molar-refractivity contribution in [2.75, 3.05) is 7.11 Å². The monoisotopic (exact) mass is 208 g/mol. The Morgan fingerprint density at radius 1 is 1.21 bits per heavy atom. The van der Waals surface area contributed by atoms with Crippen LogP contribution in [0.25, 0.3) is 0 Å². The van der Waals surface area contributed by atoms with Crippen molar-refractivity contribution >= 4 is 5.97 Å². The van der Waals surface area contributed by atoms with Crippen molar-refractivity contribution in [1.82, 2.24) is 0 Å². The van der Waals surface area contributed by atoms with E-state index in [-0.39, 0.29) is 0 Å². The van der Waals surface area contributed by atoms with Gasteiger partial charge in [-0.25, -0.2) is 4.79 Å². The van der Waals surface area contributed by atoms with Gasteiger partial charge in [-0.05, 0) is 0 Å². The first kappa shape index (κ1) is 11.3. The van der Waals surface area contributed by atoms with Crippen molar-refractivity contribution < 1.29 is 34.7 Å². The van der Waals surface area contributed by atoms with E-state index in [0.717, 1.165) is 0 Å². The highest BCUT2D eigenvalue weighted by Crippen LogP contribution is 2.21. The summed E-state index contributed by atoms with van der Waals surface area (Å²) >= 11 is 0. The highest BCUT2D eigenvalue weighted by Gasteiger charge is 2.46. The highest BCUT2D eigenvalue weighted by molar-refractivity contribution is 5.73. The molecule has 1 unspecified atom stereocenters. The van der Waals surface area contributed by atoms with Gasteiger partial charge in [-0.15, -0.1) is 0 Å². The fourth-order valence-corrected chi connectivity index (χ4v) is 1.25. The molecule has 1 aliphatic rings. The average molecular weight is 208 g/mol. The lowest BCUT2D eigenvalue weighted by atomic mass is 9.99. The number of rotatable bonds is 2. The van der Waals surface area contributed by atoms with Gasteiger partial charge in [0.25, 0.3) is 0 Å². The Morgan fingerprint density at radius 3 is 2.21 bits per heavy atom. The van der Waals surface area contributed by atoms with Crippen LogP contribution in [-0.4, -0.2) is 64.2 Å². The maximum atomic E-state index is 10.5. The predicted molar refractivity (Wildman–Crippen MR) is 41.3 cm³/mol. The third-order valence-corrected chi connectivity index (χ3v) is 2.05. The van der Waals surface area contributed by atoms with Crippen LogP contribution in [0.15, 0.2) is 0 Å². The summed E-state index contributed by atoms with van der Waals surface area (Å²) < 4.78 is 9.31. The molecule has 1 heterocycles. The van der Waals surface area contributed by atoms with Gasteiger partial charge in [-0.3, -0.25) is 0 Å². The number of carboxylic acid groups (broad SMARTS) is 1. The first-order valence-corrected chi connectivity index (χ1v) is 3.94. The van der Waals surface area contributed by atoms with E-state index in [1.807, 2.05) is 0 Å². The van der Waals surface area contributed by atoms with E-state index in [4.69, 9.17) is 9.84 Å². The van der Waals surface area contributed by atoms with E-state index in [1.54, 1.807) is 0 Å².